The molecule has 0 bridgehead atoms. The molecule has 0 aromatic carbocycles. The quantitative estimate of drug-likeness (QED) is 0.792. The first kappa shape index (κ1) is 16.7. The van der Waals surface area contributed by atoms with E-state index in [1.54, 1.807) is 18.4 Å². The number of amides is 1. The second-order valence-corrected chi connectivity index (χ2v) is 6.27. The highest BCUT2D eigenvalue weighted by atomic mass is 32.1. The summed E-state index contributed by atoms with van der Waals surface area (Å²) >= 11 is 1.32. The Balaban J connectivity index is 2.50. The number of rotatable bonds is 6. The lowest BCUT2D eigenvalue weighted by Crippen LogP contribution is -2.37. The van der Waals surface area contributed by atoms with Gasteiger partial charge in [-0.2, -0.15) is 0 Å². The van der Waals surface area contributed by atoms with Gasteiger partial charge in [-0.15, -0.1) is 11.3 Å². The highest BCUT2D eigenvalue weighted by Crippen LogP contribution is 2.24. The monoisotopic (exact) mass is 298 g/mol. The van der Waals surface area contributed by atoms with Gasteiger partial charge in [-0.1, -0.05) is 0 Å². The zero-order valence-electron chi connectivity index (χ0n) is 12.4. The smallest absolute Gasteiger partial charge is 0.341 e. The van der Waals surface area contributed by atoms with Crippen LogP contribution in [0, 0.1) is 0 Å². The topological polar surface area (TPSA) is 67.4 Å². The van der Waals surface area contributed by atoms with Crippen LogP contribution in [0.2, 0.25) is 0 Å². The molecule has 1 heterocycles. The first-order valence-electron chi connectivity index (χ1n) is 6.63. The molecule has 0 fully saturated rings. The summed E-state index contributed by atoms with van der Waals surface area (Å²) in [6.07, 6.45) is 0.359. The number of hydrogen-bond acceptors (Lipinski definition) is 5. The molecule has 20 heavy (non-hydrogen) atoms. The Morgan fingerprint density at radius 2 is 2.05 bits per heavy atom. The van der Waals surface area contributed by atoms with E-state index < -0.39 is 5.97 Å². The first-order chi connectivity index (χ1) is 9.33. The third-order valence-electron chi connectivity index (χ3n) is 2.42. The minimum Gasteiger partial charge on any atom is -0.462 e. The van der Waals surface area contributed by atoms with Crippen molar-refractivity contribution in [2.24, 2.45) is 0 Å². The van der Waals surface area contributed by atoms with Crippen LogP contribution >= 0.6 is 11.3 Å². The molecule has 112 valence electrons. The van der Waals surface area contributed by atoms with Crippen LogP contribution in [0.4, 0.5) is 5.00 Å². The minimum atomic E-state index is -0.406. The molecule has 5 nitrogen and oxygen atoms in total. The summed E-state index contributed by atoms with van der Waals surface area (Å²) in [5.41, 5.74) is 0.397. The maximum atomic E-state index is 11.8. The molecule has 1 amide bonds. The second kappa shape index (κ2) is 7.40. The number of nitrogens with one attached hydrogen (secondary N) is 2. The molecular formula is C14H22N2O3S. The maximum absolute atomic E-state index is 11.8. The highest BCUT2D eigenvalue weighted by molar-refractivity contribution is 7.14. The first-order valence-corrected chi connectivity index (χ1v) is 7.51. The average Bonchev–Trinajstić information content (AvgIpc) is 2.75. The second-order valence-electron chi connectivity index (χ2n) is 5.36. The molecule has 0 saturated carbocycles. The van der Waals surface area contributed by atoms with Crippen molar-refractivity contribution in [3.05, 3.63) is 17.0 Å². The highest BCUT2D eigenvalue weighted by Gasteiger charge is 2.16. The van der Waals surface area contributed by atoms with Gasteiger partial charge in [-0.3, -0.25) is 4.79 Å². The van der Waals surface area contributed by atoms with Crippen LogP contribution in [0.1, 0.15) is 44.5 Å². The van der Waals surface area contributed by atoms with Crippen LogP contribution in [-0.2, 0) is 9.53 Å². The van der Waals surface area contributed by atoms with E-state index in [0.29, 0.717) is 30.1 Å². The molecule has 1 aromatic heterocycles. The van der Waals surface area contributed by atoms with Crippen molar-refractivity contribution in [3.8, 4) is 0 Å². The Bertz CT molecular complexity index is 463. The van der Waals surface area contributed by atoms with E-state index in [-0.39, 0.29) is 11.4 Å². The van der Waals surface area contributed by atoms with Crippen molar-refractivity contribution < 1.29 is 14.3 Å². The molecule has 1 aromatic rings. The van der Waals surface area contributed by atoms with Crippen LogP contribution < -0.4 is 10.6 Å². The van der Waals surface area contributed by atoms with Gasteiger partial charge in [-0.25, -0.2) is 4.79 Å². The van der Waals surface area contributed by atoms with Gasteiger partial charge in [0, 0.05) is 18.5 Å². The fourth-order valence-electron chi connectivity index (χ4n) is 1.52. The van der Waals surface area contributed by atoms with Gasteiger partial charge < -0.3 is 15.4 Å². The average molecular weight is 298 g/mol. The summed E-state index contributed by atoms with van der Waals surface area (Å²) in [5, 5.41) is 8.30. The van der Waals surface area contributed by atoms with E-state index in [2.05, 4.69) is 10.6 Å². The van der Waals surface area contributed by atoms with Crippen LogP contribution in [0.25, 0.3) is 0 Å². The van der Waals surface area contributed by atoms with Gasteiger partial charge in [-0.05, 0) is 39.1 Å². The Morgan fingerprint density at radius 1 is 1.35 bits per heavy atom. The third kappa shape index (κ3) is 5.71. The fraction of sp³-hybridized carbons (Fsp3) is 0.571. The van der Waals surface area contributed by atoms with E-state index in [0.717, 1.165) is 0 Å². The lowest BCUT2D eigenvalue weighted by Gasteiger charge is -2.20. The summed E-state index contributed by atoms with van der Waals surface area (Å²) in [5.74, 6) is -0.522. The molecule has 0 aliphatic heterocycles. The van der Waals surface area contributed by atoms with Gasteiger partial charge in [0.2, 0.25) is 5.91 Å². The predicted octanol–water partition coefficient (Wildman–Crippen LogP) is 2.64. The van der Waals surface area contributed by atoms with Crippen molar-refractivity contribution in [2.45, 2.75) is 39.7 Å². The number of ether oxygens (including phenoxy) is 1. The van der Waals surface area contributed by atoms with Crippen molar-refractivity contribution >= 4 is 28.2 Å². The lowest BCUT2D eigenvalue weighted by molar-refractivity contribution is -0.116. The normalized spacial score (nSPS) is 11.2. The SMILES string of the molecule is CCOC(=O)c1ccsc1NC(=O)CCNC(C)(C)C. The van der Waals surface area contributed by atoms with E-state index in [1.165, 1.54) is 11.3 Å². The number of carbonyl (C=O) groups excluding carboxylic acids is 2. The summed E-state index contributed by atoms with van der Waals surface area (Å²) in [6, 6.07) is 1.66. The van der Waals surface area contributed by atoms with E-state index in [4.69, 9.17) is 4.74 Å². The molecule has 1 rings (SSSR count). The lowest BCUT2D eigenvalue weighted by atomic mass is 10.1. The Hall–Kier alpha value is -1.40. The Morgan fingerprint density at radius 3 is 2.65 bits per heavy atom. The summed E-state index contributed by atoms with van der Waals surface area (Å²) < 4.78 is 4.94. The largest absolute Gasteiger partial charge is 0.462 e. The van der Waals surface area contributed by atoms with Crippen molar-refractivity contribution in [1.82, 2.24) is 5.32 Å². The van der Waals surface area contributed by atoms with E-state index in [9.17, 15) is 9.59 Å². The number of anilines is 1. The maximum Gasteiger partial charge on any atom is 0.341 e. The molecule has 2 N–H and O–H groups in total. The standard InChI is InChI=1S/C14H22N2O3S/c1-5-19-13(18)10-7-9-20-12(10)16-11(17)6-8-15-14(2,3)4/h7,9,15H,5-6,8H2,1-4H3,(H,16,17). The molecule has 0 atom stereocenters. The number of esters is 1. The van der Waals surface area contributed by atoms with Gasteiger partial charge in [0.1, 0.15) is 5.00 Å². The van der Waals surface area contributed by atoms with Gasteiger partial charge in [0.05, 0.1) is 12.2 Å². The molecule has 0 unspecified atom stereocenters. The summed E-state index contributed by atoms with van der Waals surface area (Å²) in [7, 11) is 0. The predicted molar refractivity (Wildman–Crippen MR) is 81.3 cm³/mol. The van der Waals surface area contributed by atoms with Crippen LogP contribution in [0.15, 0.2) is 11.4 Å². The van der Waals surface area contributed by atoms with Crippen molar-refractivity contribution in [3.63, 3.8) is 0 Å². The molecule has 0 radical (unpaired) electrons. The Labute approximate surface area is 123 Å². The zero-order valence-corrected chi connectivity index (χ0v) is 13.2. The zero-order chi connectivity index (χ0) is 15.2. The van der Waals surface area contributed by atoms with Crippen molar-refractivity contribution in [2.75, 3.05) is 18.5 Å². The molecular weight excluding hydrogens is 276 g/mol. The molecule has 6 heteroatoms. The van der Waals surface area contributed by atoms with Gasteiger partial charge in [0.15, 0.2) is 0 Å². The molecule has 0 spiro atoms. The van der Waals surface area contributed by atoms with Crippen molar-refractivity contribution in [1.29, 1.82) is 0 Å². The van der Waals surface area contributed by atoms with Crippen LogP contribution in [0.5, 0.6) is 0 Å². The van der Waals surface area contributed by atoms with Gasteiger partial charge >= 0.3 is 5.97 Å². The fourth-order valence-corrected chi connectivity index (χ4v) is 2.31. The minimum absolute atomic E-state index is 0.0146. The van der Waals surface area contributed by atoms with Crippen LogP contribution in [-0.4, -0.2) is 30.6 Å². The van der Waals surface area contributed by atoms with Gasteiger partial charge in [0.25, 0.3) is 0 Å². The number of hydrogen-bond donors (Lipinski definition) is 2. The third-order valence-corrected chi connectivity index (χ3v) is 3.25. The number of thiophene rings is 1. The van der Waals surface area contributed by atoms with Crippen LogP contribution in [0.3, 0.4) is 0 Å². The summed E-state index contributed by atoms with van der Waals surface area (Å²) in [4.78, 5) is 23.5. The van der Waals surface area contributed by atoms with E-state index >= 15 is 0 Å². The Kier molecular flexibility index (Phi) is 6.16. The molecule has 0 aliphatic carbocycles. The molecule has 0 saturated heterocycles. The summed E-state index contributed by atoms with van der Waals surface area (Å²) in [6.45, 7) is 8.79. The number of carbonyl (C=O) groups is 2. The molecule has 0 aliphatic rings. The van der Waals surface area contributed by atoms with E-state index in [1.807, 2.05) is 20.8 Å².